The highest BCUT2D eigenvalue weighted by atomic mass is 14.7. The molecule has 0 aliphatic heterocycles. The van der Waals surface area contributed by atoms with E-state index < -0.39 is 0 Å². The van der Waals surface area contributed by atoms with Crippen LogP contribution in [0.2, 0.25) is 0 Å². The molecule has 1 saturated carbocycles. The van der Waals surface area contributed by atoms with Crippen LogP contribution in [0.5, 0.6) is 0 Å². The highest BCUT2D eigenvalue weighted by molar-refractivity contribution is 5.95. The average Bonchev–Trinajstić information content (AvgIpc) is 3.05. The lowest BCUT2D eigenvalue weighted by Gasteiger charge is -2.12. The smallest absolute Gasteiger partial charge is 0.0840 e. The molecule has 1 aromatic heterocycles. The third kappa shape index (κ3) is 3.08. The first-order valence-corrected chi connectivity index (χ1v) is 9.07. The molecule has 4 rings (SSSR count). The van der Waals surface area contributed by atoms with Crippen molar-refractivity contribution < 1.29 is 1.37 Å². The van der Waals surface area contributed by atoms with Crippen LogP contribution in [0.25, 0.3) is 22.0 Å². The van der Waals surface area contributed by atoms with Gasteiger partial charge in [0.25, 0.3) is 0 Å². The molecule has 0 bridgehead atoms. The van der Waals surface area contributed by atoms with Gasteiger partial charge in [0.15, 0.2) is 0 Å². The Labute approximate surface area is 146 Å². The van der Waals surface area contributed by atoms with Crippen molar-refractivity contribution in [2.24, 2.45) is 5.92 Å². The maximum absolute atomic E-state index is 8.16. The summed E-state index contributed by atoms with van der Waals surface area (Å²) in [4.78, 5) is 4.55. The van der Waals surface area contributed by atoms with Gasteiger partial charge in [-0.15, -0.1) is 0 Å². The number of aromatic nitrogens is 1. The van der Waals surface area contributed by atoms with Crippen molar-refractivity contribution in [1.82, 2.24) is 4.98 Å². The summed E-state index contributed by atoms with van der Waals surface area (Å²) >= 11 is 0. The lowest BCUT2D eigenvalue weighted by molar-refractivity contribution is 0.547. The van der Waals surface area contributed by atoms with Crippen molar-refractivity contribution in [2.75, 3.05) is 0 Å². The van der Waals surface area contributed by atoms with E-state index in [4.69, 9.17) is 1.37 Å². The lowest BCUT2D eigenvalue weighted by atomic mass is 9.94. The van der Waals surface area contributed by atoms with Crippen molar-refractivity contribution in [2.45, 2.75) is 46.0 Å². The number of fused-ring (bicyclic) bond motifs is 1. The van der Waals surface area contributed by atoms with Gasteiger partial charge in [0.1, 0.15) is 0 Å². The molecule has 0 radical (unpaired) electrons. The molecule has 1 aliphatic carbocycles. The number of rotatable bonds is 3. The van der Waals surface area contributed by atoms with Gasteiger partial charge in [-0.2, -0.15) is 0 Å². The van der Waals surface area contributed by atoms with Gasteiger partial charge in [-0.1, -0.05) is 61.1 Å². The lowest BCUT2D eigenvalue weighted by Crippen LogP contribution is -1.98. The molecule has 0 amide bonds. The standard InChI is InChI=1S/C23H25N/c1-16-11-17(2)13-21(12-16)23-22-8-7-19(14-18-5-3-4-6-18)15-20(22)9-10-24-23/h7-13,15,18H,3-6,14H2,1-2H3/i10D. The number of nitrogens with zero attached hydrogens (tertiary/aromatic N) is 1. The molecule has 1 heterocycles. The minimum atomic E-state index is 0.347. The third-order valence-corrected chi connectivity index (χ3v) is 5.26. The predicted octanol–water partition coefficient (Wildman–Crippen LogP) is 6.25. The van der Waals surface area contributed by atoms with Crippen LogP contribution in [0.4, 0.5) is 0 Å². The van der Waals surface area contributed by atoms with E-state index in [2.05, 4.69) is 55.2 Å². The molecule has 1 fully saturated rings. The van der Waals surface area contributed by atoms with Crippen molar-refractivity contribution in [3.05, 3.63) is 65.3 Å². The fourth-order valence-electron chi connectivity index (χ4n) is 4.18. The first kappa shape index (κ1) is 14.2. The maximum Gasteiger partial charge on any atom is 0.0840 e. The monoisotopic (exact) mass is 316 g/mol. The van der Waals surface area contributed by atoms with Gasteiger partial charge in [-0.05, 0) is 55.3 Å². The number of hydrogen-bond acceptors (Lipinski definition) is 1. The van der Waals surface area contributed by atoms with Crippen molar-refractivity contribution in [3.63, 3.8) is 0 Å². The maximum atomic E-state index is 8.16. The van der Waals surface area contributed by atoms with E-state index in [0.717, 1.165) is 27.9 Å². The van der Waals surface area contributed by atoms with Crippen LogP contribution in [-0.2, 0) is 6.42 Å². The summed E-state index contributed by atoms with van der Waals surface area (Å²) in [6.07, 6.45) is 7.02. The molecule has 0 atom stereocenters. The Kier molecular flexibility index (Phi) is 3.79. The van der Waals surface area contributed by atoms with Gasteiger partial charge in [0.2, 0.25) is 0 Å². The first-order valence-electron chi connectivity index (χ1n) is 9.57. The number of pyridine rings is 1. The van der Waals surface area contributed by atoms with Crippen LogP contribution in [0.1, 0.15) is 43.7 Å². The summed E-state index contributed by atoms with van der Waals surface area (Å²) < 4.78 is 8.16. The molecule has 122 valence electrons. The van der Waals surface area contributed by atoms with Crippen LogP contribution in [0.3, 0.4) is 0 Å². The summed E-state index contributed by atoms with van der Waals surface area (Å²) in [5.74, 6) is 0.841. The number of hydrogen-bond donors (Lipinski definition) is 0. The average molecular weight is 316 g/mol. The zero-order chi connectivity index (χ0) is 17.4. The first-order chi connectivity index (χ1) is 12.1. The second-order valence-corrected chi connectivity index (χ2v) is 7.39. The van der Waals surface area contributed by atoms with Gasteiger partial charge in [0, 0.05) is 17.1 Å². The van der Waals surface area contributed by atoms with E-state index in [9.17, 15) is 0 Å². The molecular weight excluding hydrogens is 290 g/mol. The molecule has 0 spiro atoms. The normalized spacial score (nSPS) is 15.8. The van der Waals surface area contributed by atoms with Gasteiger partial charge >= 0.3 is 0 Å². The molecule has 3 aromatic rings. The van der Waals surface area contributed by atoms with Gasteiger partial charge in [0.05, 0.1) is 7.06 Å². The predicted molar refractivity (Wildman–Crippen MR) is 102 cm³/mol. The Bertz CT molecular complexity index is 903. The fraction of sp³-hybridized carbons (Fsp3) is 0.348. The summed E-state index contributed by atoms with van der Waals surface area (Å²) in [5, 5.41) is 2.29. The minimum absolute atomic E-state index is 0.347. The SMILES string of the molecule is [2H]c1cc2cc(CC3CCCC3)ccc2c(-c2cc(C)cc(C)c2)n1. The molecule has 0 saturated heterocycles. The molecule has 24 heavy (non-hydrogen) atoms. The number of benzene rings is 2. The Balaban J connectivity index is 1.79. The molecule has 0 N–H and O–H groups in total. The van der Waals surface area contributed by atoms with Crippen molar-refractivity contribution in [1.29, 1.82) is 0 Å². The van der Waals surface area contributed by atoms with Crippen molar-refractivity contribution in [3.8, 4) is 11.3 Å². The van der Waals surface area contributed by atoms with E-state index in [0.29, 0.717) is 6.17 Å². The van der Waals surface area contributed by atoms with Crippen LogP contribution in [0, 0.1) is 19.8 Å². The van der Waals surface area contributed by atoms with E-state index in [1.54, 1.807) is 0 Å². The van der Waals surface area contributed by atoms with Gasteiger partial charge in [-0.3, -0.25) is 4.98 Å². The van der Waals surface area contributed by atoms with Crippen LogP contribution < -0.4 is 0 Å². The largest absolute Gasteiger partial charge is 0.256 e. The summed E-state index contributed by atoms with van der Waals surface area (Å²) in [7, 11) is 0. The summed E-state index contributed by atoms with van der Waals surface area (Å²) in [6.45, 7) is 4.23. The fourth-order valence-corrected chi connectivity index (χ4v) is 4.18. The molecule has 1 heteroatoms. The second-order valence-electron chi connectivity index (χ2n) is 7.39. The highest BCUT2D eigenvalue weighted by Crippen LogP contribution is 2.31. The van der Waals surface area contributed by atoms with Crippen LogP contribution in [0.15, 0.2) is 48.6 Å². The Morgan fingerprint density at radius 2 is 1.75 bits per heavy atom. The molecule has 1 nitrogen and oxygen atoms in total. The van der Waals surface area contributed by atoms with Gasteiger partial charge < -0.3 is 0 Å². The van der Waals surface area contributed by atoms with Crippen LogP contribution >= 0.6 is 0 Å². The highest BCUT2D eigenvalue weighted by Gasteiger charge is 2.16. The van der Waals surface area contributed by atoms with E-state index in [-0.39, 0.29) is 0 Å². The summed E-state index contributed by atoms with van der Waals surface area (Å²) in [5.41, 5.74) is 5.91. The summed E-state index contributed by atoms with van der Waals surface area (Å²) in [6, 6.07) is 15.2. The minimum Gasteiger partial charge on any atom is -0.256 e. The Hall–Kier alpha value is -2.15. The second kappa shape index (κ2) is 6.39. The Morgan fingerprint density at radius 3 is 2.50 bits per heavy atom. The van der Waals surface area contributed by atoms with E-state index in [1.165, 1.54) is 48.8 Å². The Morgan fingerprint density at radius 1 is 1.00 bits per heavy atom. The molecule has 0 unspecified atom stereocenters. The van der Waals surface area contributed by atoms with E-state index in [1.807, 2.05) is 6.07 Å². The zero-order valence-electron chi connectivity index (χ0n) is 15.6. The van der Waals surface area contributed by atoms with Crippen molar-refractivity contribution >= 4 is 10.8 Å². The quantitative estimate of drug-likeness (QED) is 0.556. The van der Waals surface area contributed by atoms with Crippen LogP contribution in [-0.4, -0.2) is 4.98 Å². The zero-order valence-corrected chi connectivity index (χ0v) is 14.6. The molecular formula is C23H25N. The molecule has 1 aliphatic rings. The van der Waals surface area contributed by atoms with E-state index >= 15 is 0 Å². The van der Waals surface area contributed by atoms with Gasteiger partial charge in [-0.25, -0.2) is 0 Å². The number of aryl methyl sites for hydroxylation is 2. The topological polar surface area (TPSA) is 12.9 Å². The molecule has 2 aromatic carbocycles. The third-order valence-electron chi connectivity index (χ3n) is 5.26.